The molecule has 1 unspecified atom stereocenters. The van der Waals surface area contributed by atoms with Crippen LogP contribution in [0.5, 0.6) is 5.75 Å². The zero-order valence-electron chi connectivity index (χ0n) is 29.5. The number of hydrogen-bond acceptors (Lipinski definition) is 8. The predicted molar refractivity (Wildman–Crippen MR) is 196 cm³/mol. The Kier molecular flexibility index (Phi) is 9.55. The van der Waals surface area contributed by atoms with Crippen LogP contribution in [0, 0.1) is 5.92 Å². The van der Waals surface area contributed by atoms with Gasteiger partial charge in [-0.05, 0) is 86.9 Å². The summed E-state index contributed by atoms with van der Waals surface area (Å²) in [6, 6.07) is 23.8. The van der Waals surface area contributed by atoms with Gasteiger partial charge in [0.1, 0.15) is 17.4 Å². The van der Waals surface area contributed by atoms with Crippen LogP contribution in [-0.2, 0) is 27.3 Å². The molecule has 0 aliphatic carbocycles. The van der Waals surface area contributed by atoms with E-state index in [-0.39, 0.29) is 42.9 Å². The fraction of sp³-hybridized carbons (Fsp3) is 0.487. The number of fused-ring (bicyclic) bond motifs is 2. The number of rotatable bonds is 8. The first-order valence-corrected chi connectivity index (χ1v) is 21.0. The van der Waals surface area contributed by atoms with Gasteiger partial charge in [0, 0.05) is 48.5 Å². The molecular formula is C39H50N4O6Si. The number of amides is 2. The van der Waals surface area contributed by atoms with Crippen LogP contribution < -0.4 is 19.9 Å². The average Bonchev–Trinajstić information content (AvgIpc) is 3.40. The molecule has 266 valence electrons. The molecule has 3 N–H and O–H groups in total. The summed E-state index contributed by atoms with van der Waals surface area (Å²) in [5.74, 6) is 0.461. The average molecular weight is 699 g/mol. The largest absolute Gasteiger partial charge is 0.490 e. The number of aliphatic hydroxyl groups excluding tert-OH is 1. The van der Waals surface area contributed by atoms with Crippen molar-refractivity contribution in [1.29, 1.82) is 0 Å². The first-order valence-electron chi connectivity index (χ1n) is 17.9. The number of benzene rings is 3. The normalized spacial score (nSPS) is 25.2. The van der Waals surface area contributed by atoms with Gasteiger partial charge in [-0.25, -0.2) is 0 Å². The third-order valence-electron chi connectivity index (χ3n) is 11.7. The van der Waals surface area contributed by atoms with Gasteiger partial charge in [-0.3, -0.25) is 14.5 Å². The summed E-state index contributed by atoms with van der Waals surface area (Å²) >= 11 is 0. The third-order valence-corrected chi connectivity index (χ3v) is 14.0. The van der Waals surface area contributed by atoms with Gasteiger partial charge in [-0.15, -0.1) is 0 Å². The summed E-state index contributed by atoms with van der Waals surface area (Å²) in [4.78, 5) is 46.0. The second-order valence-electron chi connectivity index (χ2n) is 15.0. The molecule has 4 aliphatic heterocycles. The highest BCUT2D eigenvalue weighted by molar-refractivity contribution is 6.71. The Morgan fingerprint density at radius 2 is 1.74 bits per heavy atom. The highest BCUT2D eigenvalue weighted by Crippen LogP contribution is 2.49. The lowest BCUT2D eigenvalue weighted by Gasteiger charge is -2.44. The van der Waals surface area contributed by atoms with Crippen LogP contribution in [0.25, 0.3) is 0 Å². The summed E-state index contributed by atoms with van der Waals surface area (Å²) in [6.45, 7) is 8.11. The molecule has 1 spiro atoms. The predicted octanol–water partition coefficient (Wildman–Crippen LogP) is 4.61. The Labute approximate surface area is 296 Å². The van der Waals surface area contributed by atoms with Crippen LogP contribution in [0.3, 0.4) is 0 Å². The van der Waals surface area contributed by atoms with Gasteiger partial charge < -0.3 is 34.5 Å². The Hall–Kier alpha value is -3.74. The third kappa shape index (κ3) is 6.13. The van der Waals surface area contributed by atoms with E-state index >= 15 is 0 Å². The van der Waals surface area contributed by atoms with Crippen molar-refractivity contribution in [2.24, 2.45) is 5.92 Å². The minimum Gasteiger partial charge on any atom is -0.490 e. The van der Waals surface area contributed by atoms with Crippen LogP contribution >= 0.6 is 0 Å². The molecule has 0 bridgehead atoms. The summed E-state index contributed by atoms with van der Waals surface area (Å²) in [5.41, 5.74) is 3.89. The number of methoxy groups -OCH3 is 1. The van der Waals surface area contributed by atoms with Gasteiger partial charge in [0.05, 0.1) is 25.4 Å². The summed E-state index contributed by atoms with van der Waals surface area (Å²) < 4.78 is 12.9. The van der Waals surface area contributed by atoms with Crippen LogP contribution in [-0.4, -0.2) is 86.1 Å². The van der Waals surface area contributed by atoms with Crippen molar-refractivity contribution in [3.63, 3.8) is 0 Å². The Morgan fingerprint density at radius 3 is 2.42 bits per heavy atom. The minimum atomic E-state index is -2.97. The number of piperidine rings is 1. The SMILES string of the molecule is CO[C@@H]1c2cc(N3CN(c4ccccc4)C4(CCNCC4)C3=O)ccc2O[C@H](C(CC(=O)N2Cc3ccccc3C[C@H]2CO)[Si](C)(C)O)[C@H]1C. The molecule has 4 heterocycles. The topological polar surface area (TPSA) is 115 Å². The number of carbonyl (C=O) groups excluding carboxylic acids is 2. The quantitative estimate of drug-likeness (QED) is 0.293. The van der Waals surface area contributed by atoms with Crippen molar-refractivity contribution in [2.75, 3.05) is 43.3 Å². The first kappa shape index (κ1) is 34.7. The van der Waals surface area contributed by atoms with Crippen LogP contribution in [0.1, 0.15) is 49.0 Å². The van der Waals surface area contributed by atoms with Crippen LogP contribution in [0.2, 0.25) is 18.6 Å². The van der Waals surface area contributed by atoms with Gasteiger partial charge in [0.15, 0.2) is 8.32 Å². The monoisotopic (exact) mass is 698 g/mol. The highest BCUT2D eigenvalue weighted by atomic mass is 28.4. The molecule has 7 rings (SSSR count). The van der Waals surface area contributed by atoms with E-state index in [0.29, 0.717) is 25.4 Å². The minimum absolute atomic E-state index is 0.0913. The molecule has 5 atom stereocenters. The van der Waals surface area contributed by atoms with Crippen molar-refractivity contribution in [2.45, 2.75) is 81.6 Å². The van der Waals surface area contributed by atoms with E-state index in [9.17, 15) is 19.5 Å². The van der Waals surface area contributed by atoms with Gasteiger partial charge in [0.2, 0.25) is 5.91 Å². The number of carbonyl (C=O) groups is 2. The Balaban J connectivity index is 1.16. The van der Waals surface area contributed by atoms with E-state index in [0.717, 1.165) is 54.0 Å². The maximum absolute atomic E-state index is 14.4. The van der Waals surface area contributed by atoms with Crippen LogP contribution in [0.15, 0.2) is 72.8 Å². The maximum atomic E-state index is 14.4. The van der Waals surface area contributed by atoms with Crippen molar-refractivity contribution in [3.05, 3.63) is 89.5 Å². The number of aliphatic hydroxyl groups is 1. The number of ether oxygens (including phenoxy) is 2. The number of para-hydroxylation sites is 1. The van der Waals surface area contributed by atoms with Crippen molar-refractivity contribution in [3.8, 4) is 5.75 Å². The fourth-order valence-corrected chi connectivity index (χ4v) is 10.7. The second-order valence-corrected chi connectivity index (χ2v) is 19.1. The van der Waals surface area contributed by atoms with Crippen molar-refractivity contribution < 1.29 is 29.0 Å². The molecule has 50 heavy (non-hydrogen) atoms. The molecule has 0 radical (unpaired) electrons. The second kappa shape index (κ2) is 13.8. The lowest BCUT2D eigenvalue weighted by Crippen LogP contribution is -2.55. The number of anilines is 2. The van der Waals surface area contributed by atoms with E-state index in [4.69, 9.17) is 9.47 Å². The van der Waals surface area contributed by atoms with Gasteiger partial charge in [-0.2, -0.15) is 0 Å². The number of nitrogens with zero attached hydrogens (tertiary/aromatic N) is 3. The number of hydrogen-bond donors (Lipinski definition) is 3. The summed E-state index contributed by atoms with van der Waals surface area (Å²) in [7, 11) is -1.29. The molecule has 3 aromatic rings. The molecule has 0 aromatic heterocycles. The molecule has 2 fully saturated rings. The van der Waals surface area contributed by atoms with Crippen molar-refractivity contribution in [1.82, 2.24) is 10.2 Å². The van der Waals surface area contributed by atoms with Gasteiger partial charge in [-0.1, -0.05) is 49.4 Å². The zero-order chi connectivity index (χ0) is 35.2. The molecular weight excluding hydrogens is 649 g/mol. The zero-order valence-corrected chi connectivity index (χ0v) is 30.5. The van der Waals surface area contributed by atoms with E-state index in [1.165, 1.54) is 0 Å². The van der Waals surface area contributed by atoms with E-state index in [2.05, 4.69) is 35.3 Å². The first-order chi connectivity index (χ1) is 24.1. The smallest absolute Gasteiger partial charge is 0.254 e. The fourth-order valence-electron chi connectivity index (χ4n) is 8.82. The molecule has 4 aliphatic rings. The van der Waals surface area contributed by atoms with E-state index in [1.807, 2.05) is 72.6 Å². The summed E-state index contributed by atoms with van der Waals surface area (Å²) in [6.07, 6.45) is 1.32. The Morgan fingerprint density at radius 1 is 1.04 bits per heavy atom. The standard InChI is InChI=1S/C39H50N4O6Si/c1-26-36(48-2)32-21-30(42-25-43(29-12-6-5-7-13-29)39(38(42)46)16-18-40-19-17-39)14-15-33(32)49-37(26)34(50(3,4)47)22-35(45)41-23-28-11-9-8-10-27(28)20-31(41)24-44/h5-15,21,26,31,34,36-37,40,44,47H,16-20,22-25H2,1-4H3/t26-,31-,34?,36-,37-/m0/s1. The van der Waals surface area contributed by atoms with Gasteiger partial charge in [0.25, 0.3) is 5.91 Å². The Bertz CT molecular complexity index is 1710. The molecule has 11 heteroatoms. The molecule has 10 nitrogen and oxygen atoms in total. The molecule has 3 aromatic carbocycles. The maximum Gasteiger partial charge on any atom is 0.254 e. The highest BCUT2D eigenvalue weighted by Gasteiger charge is 2.54. The lowest BCUT2D eigenvalue weighted by atomic mass is 9.85. The molecule has 2 saturated heterocycles. The summed E-state index contributed by atoms with van der Waals surface area (Å²) in [5, 5.41) is 13.7. The molecule has 2 amide bonds. The van der Waals surface area contributed by atoms with E-state index in [1.54, 1.807) is 12.0 Å². The van der Waals surface area contributed by atoms with E-state index < -0.39 is 25.5 Å². The van der Waals surface area contributed by atoms with Gasteiger partial charge >= 0.3 is 0 Å². The molecule has 0 saturated carbocycles. The number of nitrogens with one attached hydrogen (secondary N) is 1. The van der Waals surface area contributed by atoms with Crippen molar-refractivity contribution >= 4 is 31.5 Å². The van der Waals surface area contributed by atoms with Crippen LogP contribution in [0.4, 0.5) is 11.4 Å². The lowest BCUT2D eigenvalue weighted by molar-refractivity contribution is -0.137.